The van der Waals surface area contributed by atoms with Gasteiger partial charge in [-0.2, -0.15) is 5.10 Å². The second kappa shape index (κ2) is 4.37. The van der Waals surface area contributed by atoms with Crippen LogP contribution in [-0.4, -0.2) is 14.8 Å². The van der Waals surface area contributed by atoms with Crippen LogP contribution in [0.1, 0.15) is 18.0 Å². The van der Waals surface area contributed by atoms with E-state index in [9.17, 15) is 0 Å². The molecule has 3 rings (SSSR count). The molecule has 0 bridgehead atoms. The van der Waals surface area contributed by atoms with Crippen molar-refractivity contribution >= 4 is 43.3 Å². The zero-order valence-corrected chi connectivity index (χ0v) is 12.1. The minimum absolute atomic E-state index is 0.0358. The number of nitrogens with two attached hydrogens (primary N) is 1. The van der Waals surface area contributed by atoms with Gasteiger partial charge in [0, 0.05) is 0 Å². The Hall–Kier alpha value is -1.40. The fourth-order valence-corrected chi connectivity index (χ4v) is 3.11. The van der Waals surface area contributed by atoms with Crippen LogP contribution in [0.25, 0.3) is 10.2 Å². The van der Waals surface area contributed by atoms with Crippen LogP contribution in [0.4, 0.5) is 5.82 Å². The molecule has 0 aliphatic rings. The summed E-state index contributed by atoms with van der Waals surface area (Å²) in [5.41, 5.74) is 6.99. The van der Waals surface area contributed by atoms with E-state index in [1.54, 1.807) is 22.2 Å². The number of rotatable bonds is 2. The third kappa shape index (κ3) is 1.81. The molecule has 2 aromatic heterocycles. The minimum Gasteiger partial charge on any atom is -0.383 e. The summed E-state index contributed by atoms with van der Waals surface area (Å²) < 4.78 is 3.78. The largest absolute Gasteiger partial charge is 0.383 e. The van der Waals surface area contributed by atoms with Crippen LogP contribution in [0.3, 0.4) is 0 Å². The van der Waals surface area contributed by atoms with Crippen molar-refractivity contribution in [1.82, 2.24) is 14.8 Å². The molecule has 1 atom stereocenters. The van der Waals surface area contributed by atoms with Gasteiger partial charge in [-0.25, -0.2) is 9.67 Å². The zero-order chi connectivity index (χ0) is 12.7. The monoisotopic (exact) mass is 322 g/mol. The number of hydrogen-bond donors (Lipinski definition) is 1. The van der Waals surface area contributed by atoms with E-state index in [0.29, 0.717) is 5.82 Å². The van der Waals surface area contributed by atoms with Crippen LogP contribution in [0, 0.1) is 0 Å². The Kier molecular flexibility index (Phi) is 2.83. The van der Waals surface area contributed by atoms with Gasteiger partial charge in [0.05, 0.1) is 20.9 Å². The van der Waals surface area contributed by atoms with Crippen molar-refractivity contribution in [3.63, 3.8) is 0 Å². The predicted octanol–water partition coefficient (Wildman–Crippen LogP) is 3.45. The number of aromatic nitrogens is 3. The minimum atomic E-state index is 0.0358. The molecule has 0 saturated carbocycles. The smallest absolute Gasteiger partial charge is 0.136 e. The average Bonchev–Trinajstić information content (AvgIpc) is 2.94. The fraction of sp³-hybridized carbons (Fsp3) is 0.167. The third-order valence-electron chi connectivity index (χ3n) is 2.82. The summed E-state index contributed by atoms with van der Waals surface area (Å²) in [4.78, 5) is 4.63. The van der Waals surface area contributed by atoms with Gasteiger partial charge in [-0.15, -0.1) is 11.3 Å². The Labute approximate surface area is 117 Å². The van der Waals surface area contributed by atoms with Crippen LogP contribution in [-0.2, 0) is 0 Å². The lowest BCUT2D eigenvalue weighted by Gasteiger charge is -2.10. The number of hydrogen-bond acceptors (Lipinski definition) is 4. The number of fused-ring (bicyclic) bond motifs is 1. The first-order chi connectivity index (χ1) is 8.66. The fourth-order valence-electron chi connectivity index (χ4n) is 1.83. The van der Waals surface area contributed by atoms with Gasteiger partial charge in [-0.05, 0) is 35.0 Å². The number of thiazole rings is 1. The molecular weight excluding hydrogens is 312 g/mol. The van der Waals surface area contributed by atoms with Gasteiger partial charge < -0.3 is 5.73 Å². The van der Waals surface area contributed by atoms with Gasteiger partial charge in [0.15, 0.2) is 0 Å². The number of nitrogen functional groups attached to an aromatic ring is 1. The quantitative estimate of drug-likeness (QED) is 0.786. The first-order valence-electron chi connectivity index (χ1n) is 5.51. The lowest BCUT2D eigenvalue weighted by molar-refractivity contribution is 0.571. The summed E-state index contributed by atoms with van der Waals surface area (Å²) >= 11 is 5.04. The van der Waals surface area contributed by atoms with E-state index in [4.69, 9.17) is 5.73 Å². The molecule has 1 unspecified atom stereocenters. The van der Waals surface area contributed by atoms with E-state index in [1.807, 2.05) is 25.1 Å². The highest BCUT2D eigenvalue weighted by Crippen LogP contribution is 2.30. The van der Waals surface area contributed by atoms with E-state index >= 15 is 0 Å². The molecular formula is C12H11BrN4S. The Morgan fingerprint density at radius 2 is 2.17 bits per heavy atom. The van der Waals surface area contributed by atoms with Crippen LogP contribution in [0.2, 0.25) is 0 Å². The SMILES string of the molecule is CC(c1nc2ccccc2s1)n1ncc(Br)c1N. The van der Waals surface area contributed by atoms with Crippen molar-refractivity contribution in [2.24, 2.45) is 0 Å². The highest BCUT2D eigenvalue weighted by molar-refractivity contribution is 9.10. The molecule has 3 aromatic rings. The molecule has 0 aliphatic heterocycles. The number of anilines is 1. The molecule has 0 fully saturated rings. The Morgan fingerprint density at radius 1 is 1.39 bits per heavy atom. The van der Waals surface area contributed by atoms with Crippen molar-refractivity contribution in [1.29, 1.82) is 0 Å². The van der Waals surface area contributed by atoms with E-state index in [1.165, 1.54) is 4.70 Å². The summed E-state index contributed by atoms with van der Waals surface area (Å²) in [5, 5.41) is 5.29. The molecule has 0 spiro atoms. The Balaban J connectivity index is 2.06. The van der Waals surface area contributed by atoms with Crippen LogP contribution >= 0.6 is 27.3 Å². The summed E-state index contributed by atoms with van der Waals surface area (Å²) in [7, 11) is 0. The van der Waals surface area contributed by atoms with Gasteiger partial charge in [0.25, 0.3) is 0 Å². The topological polar surface area (TPSA) is 56.7 Å². The number of para-hydroxylation sites is 1. The molecule has 92 valence electrons. The Morgan fingerprint density at radius 3 is 2.83 bits per heavy atom. The number of benzene rings is 1. The average molecular weight is 323 g/mol. The lowest BCUT2D eigenvalue weighted by Crippen LogP contribution is -2.11. The molecule has 2 heterocycles. The van der Waals surface area contributed by atoms with Crippen molar-refractivity contribution in [2.75, 3.05) is 5.73 Å². The van der Waals surface area contributed by atoms with Gasteiger partial charge in [-0.1, -0.05) is 12.1 Å². The maximum absolute atomic E-state index is 5.97. The lowest BCUT2D eigenvalue weighted by atomic mass is 10.3. The summed E-state index contributed by atoms with van der Waals surface area (Å²) in [5.74, 6) is 0.627. The predicted molar refractivity (Wildman–Crippen MR) is 77.8 cm³/mol. The molecule has 0 amide bonds. The van der Waals surface area contributed by atoms with Gasteiger partial charge in [0.1, 0.15) is 16.9 Å². The molecule has 2 N–H and O–H groups in total. The number of nitrogens with zero attached hydrogens (tertiary/aromatic N) is 3. The van der Waals surface area contributed by atoms with Gasteiger partial charge in [0.2, 0.25) is 0 Å². The van der Waals surface area contributed by atoms with Crippen LogP contribution in [0.5, 0.6) is 0 Å². The molecule has 0 aliphatic carbocycles. The molecule has 1 aromatic carbocycles. The first kappa shape index (κ1) is 11.7. The van der Waals surface area contributed by atoms with Crippen LogP contribution in [0.15, 0.2) is 34.9 Å². The van der Waals surface area contributed by atoms with E-state index in [2.05, 4.69) is 32.1 Å². The molecule has 6 heteroatoms. The van der Waals surface area contributed by atoms with Crippen molar-refractivity contribution in [2.45, 2.75) is 13.0 Å². The number of halogens is 1. The summed E-state index contributed by atoms with van der Waals surface area (Å²) in [6.45, 7) is 2.05. The second-order valence-electron chi connectivity index (χ2n) is 4.02. The Bertz CT molecular complexity index is 670. The molecule has 4 nitrogen and oxygen atoms in total. The standard InChI is InChI=1S/C12H11BrN4S/c1-7(17-11(14)8(13)6-15-17)12-16-9-4-2-3-5-10(9)18-12/h2-7H,14H2,1H3. The van der Waals surface area contributed by atoms with Gasteiger partial charge >= 0.3 is 0 Å². The molecule has 0 saturated heterocycles. The third-order valence-corrected chi connectivity index (χ3v) is 4.64. The normalized spacial score (nSPS) is 13.0. The van der Waals surface area contributed by atoms with E-state index < -0.39 is 0 Å². The highest BCUT2D eigenvalue weighted by Gasteiger charge is 2.17. The van der Waals surface area contributed by atoms with E-state index in [-0.39, 0.29) is 6.04 Å². The second-order valence-corrected chi connectivity index (χ2v) is 5.93. The van der Waals surface area contributed by atoms with Crippen molar-refractivity contribution in [3.8, 4) is 0 Å². The molecule has 0 radical (unpaired) electrons. The van der Waals surface area contributed by atoms with Crippen molar-refractivity contribution < 1.29 is 0 Å². The maximum atomic E-state index is 5.97. The zero-order valence-electron chi connectivity index (χ0n) is 9.67. The highest BCUT2D eigenvalue weighted by atomic mass is 79.9. The first-order valence-corrected chi connectivity index (χ1v) is 7.11. The van der Waals surface area contributed by atoms with Crippen LogP contribution < -0.4 is 5.73 Å². The van der Waals surface area contributed by atoms with Gasteiger partial charge in [-0.3, -0.25) is 0 Å². The summed E-state index contributed by atoms with van der Waals surface area (Å²) in [6, 6.07) is 8.15. The molecule has 18 heavy (non-hydrogen) atoms. The van der Waals surface area contributed by atoms with E-state index in [0.717, 1.165) is 15.0 Å². The summed E-state index contributed by atoms with van der Waals surface area (Å²) in [6.07, 6.45) is 1.71. The maximum Gasteiger partial charge on any atom is 0.136 e. The van der Waals surface area contributed by atoms with Crippen molar-refractivity contribution in [3.05, 3.63) is 39.9 Å².